The number of rotatable bonds is 32. The predicted molar refractivity (Wildman–Crippen MR) is 395 cm³/mol. The molecule has 9 rings (SSSR count). The van der Waals surface area contributed by atoms with E-state index in [1.54, 1.807) is 97.1 Å². The monoisotopic (exact) mass is 1380 g/mol. The van der Waals surface area contributed by atoms with E-state index in [0.29, 0.717) is 141 Å². The van der Waals surface area contributed by atoms with Crippen LogP contribution in [0.1, 0.15) is 183 Å². The van der Waals surface area contributed by atoms with Crippen LogP contribution in [0.15, 0.2) is 141 Å². The van der Waals surface area contributed by atoms with Crippen molar-refractivity contribution in [3.63, 3.8) is 0 Å². The largest absolute Gasteiger partial charge is 0.354 e. The molecule has 3 aromatic heterocycles. The Bertz CT molecular complexity index is 4040. The van der Waals surface area contributed by atoms with Crippen molar-refractivity contribution < 1.29 is 33.7 Å². The Morgan fingerprint density at radius 2 is 0.469 bits per heavy atom. The molecule has 0 spiro atoms. The first-order chi connectivity index (χ1) is 45.5. The highest BCUT2D eigenvalue weighted by molar-refractivity contribution is 7.90. The first kappa shape index (κ1) is 73.4. The number of hydrogen-bond acceptors (Lipinski definition) is 10. The molecule has 6 N–H and O–H groups in total. The smallest absolute Gasteiger partial charge is 0.240 e. The van der Waals surface area contributed by atoms with Crippen LogP contribution in [0.2, 0.25) is 0 Å². The average Bonchev–Trinajstić information content (AvgIpc) is 1.29. The number of sulfonamides is 4. The molecule has 20 heteroatoms. The number of aromatic amines is 2. The highest BCUT2D eigenvalue weighted by Crippen LogP contribution is 2.41. The molecular formula is C76H98N8O8S4. The summed E-state index contributed by atoms with van der Waals surface area (Å²) in [4.78, 5) is 18.7. The molecule has 0 radical (unpaired) electrons. The van der Waals surface area contributed by atoms with Gasteiger partial charge in [-0.05, 0) is 167 Å². The summed E-state index contributed by atoms with van der Waals surface area (Å²) in [6, 6.07) is 34.7. The third-order valence-corrected chi connectivity index (χ3v) is 27.4. The zero-order valence-electron chi connectivity index (χ0n) is 58.0. The third-order valence-electron chi connectivity index (χ3n) is 21.5. The normalized spacial score (nSPS) is 13.5. The van der Waals surface area contributed by atoms with E-state index in [1.165, 1.54) is 0 Å². The van der Waals surface area contributed by atoms with Gasteiger partial charge in [-0.25, -0.2) is 62.5 Å². The second-order valence-corrected chi connectivity index (χ2v) is 34.3. The van der Waals surface area contributed by atoms with Gasteiger partial charge in [-0.2, -0.15) is 0 Å². The maximum absolute atomic E-state index is 13.9. The Morgan fingerprint density at radius 3 is 0.635 bits per heavy atom. The molecule has 514 valence electrons. The summed E-state index contributed by atoms with van der Waals surface area (Å²) >= 11 is 0. The van der Waals surface area contributed by atoms with Gasteiger partial charge >= 0.3 is 0 Å². The van der Waals surface area contributed by atoms with E-state index < -0.39 is 40.1 Å². The number of H-pyrrole nitrogens is 2. The zero-order chi connectivity index (χ0) is 69.5. The van der Waals surface area contributed by atoms with Crippen LogP contribution >= 0.6 is 0 Å². The van der Waals surface area contributed by atoms with Crippen molar-refractivity contribution in [3.05, 3.63) is 144 Å². The van der Waals surface area contributed by atoms with E-state index in [1.807, 2.05) is 48.6 Å². The number of nitrogens with zero attached hydrogens (tertiary/aromatic N) is 2. The van der Waals surface area contributed by atoms with Crippen LogP contribution in [0.5, 0.6) is 0 Å². The second-order valence-electron chi connectivity index (χ2n) is 27.3. The van der Waals surface area contributed by atoms with Crippen LogP contribution in [0.4, 0.5) is 0 Å². The summed E-state index contributed by atoms with van der Waals surface area (Å²) in [7, 11) is -15.6. The minimum atomic E-state index is -3.90. The Morgan fingerprint density at radius 1 is 0.292 bits per heavy atom. The summed E-state index contributed by atoms with van der Waals surface area (Å²) in [6.07, 6.45) is 17.8. The summed E-state index contributed by atoms with van der Waals surface area (Å²) in [5.41, 5.74) is 9.81. The van der Waals surface area contributed by atoms with Crippen LogP contribution < -0.4 is 18.9 Å². The van der Waals surface area contributed by atoms with Gasteiger partial charge in [-0.1, -0.05) is 183 Å². The molecule has 8 bridgehead atoms. The molecule has 16 nitrogen and oxygen atoms in total. The van der Waals surface area contributed by atoms with Gasteiger partial charge in [0.25, 0.3) is 0 Å². The topological polar surface area (TPSA) is 242 Å². The SMILES string of the molecule is CCC(C)(CC)CCNS(=O)(=O)c1ccc(-c2c3nc(c(-c4ccc(S(=O)(=O)NCCC(C)(CC)CC)cc4)c4ccc([nH]4)c(-c4ccc(S(=O)(=O)NCCC(C)(CC)CC)cc4)c4nc(c(-c5ccc(S(=O)(=O)NCCC(C)(CC)CC)cc5)c5ccc2[nH]5)C=C4)C=C3)cc1. The van der Waals surface area contributed by atoms with Gasteiger partial charge in [0.15, 0.2) is 0 Å². The average molecular weight is 1380 g/mol. The standard InChI is InChI=1S/C76H98N8O8S4/c1-13-73(9,14-2)45-49-77-93(85,86)57-29-21-53(22-30-57)69-61-37-39-63(81-61)70(54-23-31-58(32-24-54)94(87,88)78-50-46-74(10,15-3)16-4)65-41-43-67(83-65)72(56-27-35-60(36-28-56)96(91,92)80-52-48-76(12,19-7)20-8)68-44-42-66(84-68)71(64-40-38-62(69)82-64)55-25-33-59(34-26-55)95(89,90)79-51-47-75(11,17-5)18-6/h21-44,77-81,84H,13-20,45-52H2,1-12H3. The van der Waals surface area contributed by atoms with Crippen molar-refractivity contribution in [2.45, 2.75) is 180 Å². The molecule has 4 aromatic carbocycles. The predicted octanol–water partition coefficient (Wildman–Crippen LogP) is 17.3. The van der Waals surface area contributed by atoms with Crippen molar-refractivity contribution in [1.29, 1.82) is 0 Å². The quantitative estimate of drug-likeness (QED) is 0.0233. The zero-order valence-corrected chi connectivity index (χ0v) is 61.2. The lowest BCUT2D eigenvalue weighted by Crippen LogP contribution is -2.29. The molecule has 5 heterocycles. The molecule has 0 unspecified atom stereocenters. The fourth-order valence-corrected chi connectivity index (χ4v) is 16.4. The number of hydrogen-bond donors (Lipinski definition) is 6. The molecule has 0 aliphatic carbocycles. The van der Waals surface area contributed by atoms with Gasteiger partial charge in [-0.3, -0.25) is 0 Å². The number of aromatic nitrogens is 4. The molecule has 7 aromatic rings. The van der Waals surface area contributed by atoms with Crippen LogP contribution in [0.3, 0.4) is 0 Å². The lowest BCUT2D eigenvalue weighted by molar-refractivity contribution is 0.274. The van der Waals surface area contributed by atoms with Crippen LogP contribution in [0.25, 0.3) is 90.9 Å². The van der Waals surface area contributed by atoms with E-state index in [2.05, 4.69) is 112 Å². The lowest BCUT2D eigenvalue weighted by atomic mass is 9.82. The van der Waals surface area contributed by atoms with Crippen molar-refractivity contribution in [1.82, 2.24) is 38.8 Å². The molecule has 0 saturated carbocycles. The number of benzene rings is 4. The van der Waals surface area contributed by atoms with Crippen molar-refractivity contribution in [2.24, 2.45) is 21.7 Å². The van der Waals surface area contributed by atoms with Gasteiger partial charge in [0.1, 0.15) is 0 Å². The summed E-state index contributed by atoms with van der Waals surface area (Å²) in [5.74, 6) is 0. The van der Waals surface area contributed by atoms with E-state index >= 15 is 0 Å². The van der Waals surface area contributed by atoms with Gasteiger partial charge in [0.05, 0.1) is 42.4 Å². The maximum Gasteiger partial charge on any atom is 0.240 e. The molecule has 0 saturated heterocycles. The highest BCUT2D eigenvalue weighted by atomic mass is 32.2. The second kappa shape index (κ2) is 30.1. The number of nitrogens with one attached hydrogen (secondary N) is 6. The Kier molecular flexibility index (Phi) is 23.0. The Labute approximate surface area is 571 Å². The summed E-state index contributed by atoms with van der Waals surface area (Å²) in [5, 5.41) is 0. The van der Waals surface area contributed by atoms with Crippen molar-refractivity contribution in [3.8, 4) is 44.5 Å². The van der Waals surface area contributed by atoms with E-state index in [4.69, 9.17) is 9.97 Å². The minimum absolute atomic E-state index is 0.00186. The minimum Gasteiger partial charge on any atom is -0.354 e. The van der Waals surface area contributed by atoms with Crippen LogP contribution in [0, 0.1) is 21.7 Å². The lowest BCUT2D eigenvalue weighted by Gasteiger charge is -2.26. The third kappa shape index (κ3) is 16.6. The molecule has 2 aliphatic rings. The van der Waals surface area contributed by atoms with Crippen LogP contribution in [-0.4, -0.2) is 79.8 Å². The summed E-state index contributed by atoms with van der Waals surface area (Å²) < 4.78 is 123. The van der Waals surface area contributed by atoms with Gasteiger partial charge in [-0.15, -0.1) is 0 Å². The Hall–Kier alpha value is -6.88. The highest BCUT2D eigenvalue weighted by Gasteiger charge is 2.28. The van der Waals surface area contributed by atoms with E-state index in [9.17, 15) is 33.7 Å². The molecule has 0 amide bonds. The van der Waals surface area contributed by atoms with Crippen molar-refractivity contribution in [2.75, 3.05) is 26.2 Å². The molecule has 96 heavy (non-hydrogen) atoms. The summed E-state index contributed by atoms with van der Waals surface area (Å²) in [6.45, 7) is 26.8. The molecular weight excluding hydrogens is 1280 g/mol. The van der Waals surface area contributed by atoms with E-state index in [-0.39, 0.29) is 41.2 Å². The molecule has 0 atom stereocenters. The fraction of sp³-hybridized carbons (Fsp3) is 0.421. The molecule has 0 fully saturated rings. The van der Waals surface area contributed by atoms with Crippen LogP contribution in [-0.2, 0) is 40.1 Å². The number of fused-ring (bicyclic) bond motifs is 8. The fourth-order valence-electron chi connectivity index (χ4n) is 12.3. The first-order valence-corrected chi connectivity index (χ1v) is 40.0. The van der Waals surface area contributed by atoms with E-state index in [0.717, 1.165) is 51.4 Å². The Balaban J connectivity index is 1.27. The van der Waals surface area contributed by atoms with Gasteiger partial charge < -0.3 is 9.97 Å². The van der Waals surface area contributed by atoms with Gasteiger partial charge in [0, 0.05) is 70.5 Å². The maximum atomic E-state index is 13.9. The first-order valence-electron chi connectivity index (χ1n) is 34.1. The van der Waals surface area contributed by atoms with Gasteiger partial charge in [0.2, 0.25) is 40.1 Å². The molecule has 2 aliphatic heterocycles. The van der Waals surface area contributed by atoms with Crippen molar-refractivity contribution >= 4 is 86.5 Å².